The van der Waals surface area contributed by atoms with Gasteiger partial charge in [0, 0.05) is 17.5 Å². The number of nitrogens with zero attached hydrogens (tertiary/aromatic N) is 1. The van der Waals surface area contributed by atoms with Crippen LogP contribution in [-0.4, -0.2) is 24.2 Å². The summed E-state index contributed by atoms with van der Waals surface area (Å²) < 4.78 is 10.8. The Morgan fingerprint density at radius 3 is 2.77 bits per heavy atom. The molecule has 0 bridgehead atoms. The van der Waals surface area contributed by atoms with Gasteiger partial charge in [0.15, 0.2) is 16.8 Å². The second kappa shape index (κ2) is 7.78. The van der Waals surface area contributed by atoms with E-state index in [1.807, 2.05) is 0 Å². The molecule has 1 fully saturated rings. The smallest absolute Gasteiger partial charge is 0.343 e. The van der Waals surface area contributed by atoms with Gasteiger partial charge in [-0.15, -0.1) is 0 Å². The summed E-state index contributed by atoms with van der Waals surface area (Å²) >= 11 is 6.04. The lowest BCUT2D eigenvalue weighted by Crippen LogP contribution is -2.45. The Labute approximate surface area is 177 Å². The van der Waals surface area contributed by atoms with Gasteiger partial charge < -0.3 is 19.6 Å². The molecule has 156 valence electrons. The van der Waals surface area contributed by atoms with Crippen LogP contribution in [0.1, 0.15) is 49.8 Å². The molecule has 0 radical (unpaired) electrons. The monoisotopic (exact) mass is 428 g/mol. The number of rotatable bonds is 3. The molecule has 0 spiro atoms. The summed E-state index contributed by atoms with van der Waals surface area (Å²) in [4.78, 5) is 25.9. The first kappa shape index (κ1) is 20.5. The number of methoxy groups -OCH3 is 1. The van der Waals surface area contributed by atoms with Crippen molar-refractivity contribution in [2.24, 2.45) is 0 Å². The van der Waals surface area contributed by atoms with E-state index < -0.39 is 17.0 Å². The minimum Gasteiger partial charge on any atom is -0.467 e. The van der Waals surface area contributed by atoms with Crippen molar-refractivity contribution < 1.29 is 19.1 Å². The fraction of sp³-hybridized carbons (Fsp3) is 0.409. The van der Waals surface area contributed by atoms with Crippen molar-refractivity contribution in [2.75, 3.05) is 7.11 Å². The summed E-state index contributed by atoms with van der Waals surface area (Å²) in [6.07, 6.45) is 4.74. The molecule has 1 aromatic heterocycles. The lowest BCUT2D eigenvalue weighted by Gasteiger charge is -2.34. The van der Waals surface area contributed by atoms with E-state index in [9.17, 15) is 20.0 Å². The number of fused-ring (bicyclic) bond motifs is 2. The number of ether oxygens (including phenoxy) is 1. The molecule has 2 aliphatic rings. The van der Waals surface area contributed by atoms with E-state index in [1.54, 1.807) is 12.1 Å². The Morgan fingerprint density at radius 2 is 2.10 bits per heavy atom. The van der Waals surface area contributed by atoms with Gasteiger partial charge in [-0.1, -0.05) is 30.9 Å². The molecule has 1 heterocycles. The van der Waals surface area contributed by atoms with Crippen molar-refractivity contribution in [3.63, 3.8) is 0 Å². The van der Waals surface area contributed by atoms with Crippen molar-refractivity contribution in [3.8, 4) is 6.07 Å². The third-order valence-corrected chi connectivity index (χ3v) is 6.07. The summed E-state index contributed by atoms with van der Waals surface area (Å²) in [5.41, 5.74) is -2.41. The topological polar surface area (TPSA) is 113 Å². The Balaban J connectivity index is 1.99. The number of hydrogen-bond donors (Lipinski definition) is 2. The number of halogens is 1. The molecule has 7 nitrogen and oxygen atoms in total. The van der Waals surface area contributed by atoms with Gasteiger partial charge in [-0.3, -0.25) is 4.79 Å². The van der Waals surface area contributed by atoms with Gasteiger partial charge in [-0.05, 0) is 31.0 Å². The van der Waals surface area contributed by atoms with Crippen LogP contribution in [0.25, 0.3) is 16.7 Å². The quantitative estimate of drug-likeness (QED) is 0.720. The minimum absolute atomic E-state index is 0.00361. The first-order valence-corrected chi connectivity index (χ1v) is 10.2. The molecular weight excluding hydrogens is 408 g/mol. The van der Waals surface area contributed by atoms with E-state index in [4.69, 9.17) is 20.8 Å². The van der Waals surface area contributed by atoms with Gasteiger partial charge in [0.25, 0.3) is 0 Å². The highest BCUT2D eigenvalue weighted by molar-refractivity contribution is 6.31. The number of nitriles is 1. The summed E-state index contributed by atoms with van der Waals surface area (Å²) in [6.45, 7) is 0. The van der Waals surface area contributed by atoms with Crippen molar-refractivity contribution in [1.29, 1.82) is 5.26 Å². The molecule has 1 atom stereocenters. The predicted molar refractivity (Wildman–Crippen MR) is 111 cm³/mol. The molecule has 2 N–H and O–H groups in total. The van der Waals surface area contributed by atoms with Crippen LogP contribution in [0.15, 0.2) is 33.0 Å². The number of aliphatic hydroxyl groups is 1. The zero-order chi connectivity index (χ0) is 21.5. The van der Waals surface area contributed by atoms with Crippen molar-refractivity contribution >= 4 is 34.2 Å². The standard InChI is InChI=1S/C22H21ClN2O5/c1-29-21(27)22(28)10-12(11-24)18(25-14-5-3-2-4-6-14)20-17(22)19(26)15-9-13(23)7-8-16(15)30-20/h7-9,14,25,28H,2-6,10H2,1H3. The van der Waals surface area contributed by atoms with E-state index in [0.717, 1.165) is 39.2 Å². The second-order valence-corrected chi connectivity index (χ2v) is 8.19. The van der Waals surface area contributed by atoms with Crippen molar-refractivity contribution in [1.82, 2.24) is 5.32 Å². The second-order valence-electron chi connectivity index (χ2n) is 7.75. The SMILES string of the molecule is COC(=O)C1(O)CC(C#N)=C(NC2CCCCC2)c2oc3ccc(Cl)cc3c(=O)c21. The molecule has 0 amide bonds. The van der Waals surface area contributed by atoms with Gasteiger partial charge >= 0.3 is 5.97 Å². The number of carbonyl (C=O) groups excluding carboxylic acids is 1. The zero-order valence-corrected chi connectivity index (χ0v) is 17.2. The van der Waals surface area contributed by atoms with E-state index in [2.05, 4.69) is 11.4 Å². The molecule has 0 saturated heterocycles. The summed E-state index contributed by atoms with van der Waals surface area (Å²) in [6, 6.07) is 6.73. The number of nitrogens with one attached hydrogen (secondary N) is 1. The van der Waals surface area contributed by atoms with Crippen LogP contribution in [0.2, 0.25) is 5.02 Å². The Kier molecular flexibility index (Phi) is 5.31. The molecule has 1 saturated carbocycles. The van der Waals surface area contributed by atoms with Crippen LogP contribution < -0.4 is 10.7 Å². The largest absolute Gasteiger partial charge is 0.467 e. The van der Waals surface area contributed by atoms with E-state index in [1.165, 1.54) is 6.07 Å². The van der Waals surface area contributed by atoms with Gasteiger partial charge in [0.2, 0.25) is 0 Å². The predicted octanol–water partition coefficient (Wildman–Crippen LogP) is 3.37. The summed E-state index contributed by atoms with van der Waals surface area (Å²) in [5.74, 6) is -1.03. The third kappa shape index (κ3) is 3.26. The Morgan fingerprint density at radius 1 is 1.37 bits per heavy atom. The van der Waals surface area contributed by atoms with E-state index in [-0.39, 0.29) is 40.3 Å². The lowest BCUT2D eigenvalue weighted by atomic mass is 9.79. The van der Waals surface area contributed by atoms with Crippen LogP contribution in [0.4, 0.5) is 0 Å². The highest BCUT2D eigenvalue weighted by Crippen LogP contribution is 2.41. The molecule has 2 aromatic rings. The highest BCUT2D eigenvalue weighted by Gasteiger charge is 2.49. The maximum Gasteiger partial charge on any atom is 0.343 e. The van der Waals surface area contributed by atoms with E-state index >= 15 is 0 Å². The Hall–Kier alpha value is -2.82. The fourth-order valence-electron chi connectivity index (χ4n) is 4.33. The number of esters is 1. The first-order chi connectivity index (χ1) is 14.4. The van der Waals surface area contributed by atoms with E-state index in [0.29, 0.717) is 10.7 Å². The zero-order valence-electron chi connectivity index (χ0n) is 16.5. The Bertz CT molecular complexity index is 1160. The third-order valence-electron chi connectivity index (χ3n) is 5.84. The van der Waals surface area contributed by atoms with Crippen LogP contribution in [0, 0.1) is 11.3 Å². The van der Waals surface area contributed by atoms with Crippen LogP contribution >= 0.6 is 11.6 Å². The molecule has 4 rings (SSSR count). The van der Waals surface area contributed by atoms with Crippen molar-refractivity contribution in [2.45, 2.75) is 50.2 Å². The number of benzene rings is 1. The molecule has 8 heteroatoms. The maximum absolute atomic E-state index is 13.4. The summed E-state index contributed by atoms with van der Waals surface area (Å²) in [5, 5.41) is 24.8. The van der Waals surface area contributed by atoms with Gasteiger partial charge in [0.05, 0.1) is 35.4 Å². The highest BCUT2D eigenvalue weighted by atomic mass is 35.5. The molecule has 1 unspecified atom stereocenters. The molecule has 2 aliphatic carbocycles. The number of hydrogen-bond acceptors (Lipinski definition) is 7. The fourth-order valence-corrected chi connectivity index (χ4v) is 4.50. The van der Waals surface area contributed by atoms with Crippen LogP contribution in [0.3, 0.4) is 0 Å². The molecular formula is C22H21ClN2O5. The van der Waals surface area contributed by atoms with Crippen LogP contribution in [0.5, 0.6) is 0 Å². The molecule has 0 aliphatic heterocycles. The average molecular weight is 429 g/mol. The van der Waals surface area contributed by atoms with Gasteiger partial charge in [-0.2, -0.15) is 5.26 Å². The van der Waals surface area contributed by atoms with Gasteiger partial charge in [-0.25, -0.2) is 4.79 Å². The number of carbonyl (C=O) groups is 1. The lowest BCUT2D eigenvalue weighted by molar-refractivity contribution is -0.163. The van der Waals surface area contributed by atoms with Crippen LogP contribution in [-0.2, 0) is 15.1 Å². The normalized spacial score (nSPS) is 21.8. The minimum atomic E-state index is -2.33. The molecule has 30 heavy (non-hydrogen) atoms. The van der Waals surface area contributed by atoms with Gasteiger partial charge in [0.1, 0.15) is 5.58 Å². The maximum atomic E-state index is 13.4. The van der Waals surface area contributed by atoms with Crippen molar-refractivity contribution in [3.05, 3.63) is 50.3 Å². The average Bonchev–Trinajstić information content (AvgIpc) is 2.76. The summed E-state index contributed by atoms with van der Waals surface area (Å²) in [7, 11) is 1.12. The molecule has 1 aromatic carbocycles. The first-order valence-electron chi connectivity index (χ1n) is 9.87.